The van der Waals surface area contributed by atoms with E-state index in [-0.39, 0.29) is 5.91 Å². The maximum atomic E-state index is 11.5. The molecule has 17 heavy (non-hydrogen) atoms. The van der Waals surface area contributed by atoms with E-state index in [0.717, 1.165) is 13.0 Å². The highest BCUT2D eigenvalue weighted by atomic mass is 16.2. The summed E-state index contributed by atoms with van der Waals surface area (Å²) in [5.41, 5.74) is 10.7. The van der Waals surface area contributed by atoms with Crippen molar-refractivity contribution in [3.63, 3.8) is 0 Å². The maximum Gasteiger partial charge on any atom is 0.252 e. The topological polar surface area (TPSA) is 83.3 Å². The quantitative estimate of drug-likeness (QED) is 0.572. The number of rotatable bonds is 7. The first kappa shape index (κ1) is 13.4. The summed E-state index contributed by atoms with van der Waals surface area (Å²) < 4.78 is 0. The van der Waals surface area contributed by atoms with Crippen molar-refractivity contribution in [2.75, 3.05) is 32.1 Å². The van der Waals surface area contributed by atoms with Gasteiger partial charge in [0.25, 0.3) is 5.91 Å². The Hall–Kier alpha value is -1.66. The lowest BCUT2D eigenvalue weighted by Crippen LogP contribution is -2.38. The van der Waals surface area contributed by atoms with Crippen molar-refractivity contribution in [1.29, 1.82) is 0 Å². The largest absolute Gasteiger partial charge is 0.330 e. The molecule has 1 aromatic rings. The Bertz CT molecular complexity index is 330. The van der Waals surface area contributed by atoms with Crippen LogP contribution in [0, 0.1) is 0 Å². The maximum absolute atomic E-state index is 11.5. The summed E-state index contributed by atoms with van der Waals surface area (Å²) in [7, 11) is 1.88. The van der Waals surface area contributed by atoms with E-state index < -0.39 is 0 Å². The average molecular weight is 237 g/mol. The molecule has 0 aliphatic heterocycles. The van der Waals surface area contributed by atoms with Crippen LogP contribution in [0.1, 0.15) is 6.42 Å². The molecule has 1 rings (SSSR count). The molecule has 0 saturated carbocycles. The molecule has 0 saturated heterocycles. The number of amides is 1. The van der Waals surface area contributed by atoms with E-state index in [0.29, 0.717) is 18.9 Å². The second-order valence-electron chi connectivity index (χ2n) is 3.77. The number of hydrogen-bond acceptors (Lipinski definition) is 5. The van der Waals surface area contributed by atoms with Crippen molar-refractivity contribution < 1.29 is 4.79 Å². The molecule has 6 nitrogen and oxygen atoms in total. The smallest absolute Gasteiger partial charge is 0.252 e. The van der Waals surface area contributed by atoms with E-state index in [9.17, 15) is 4.79 Å². The van der Waals surface area contributed by atoms with E-state index in [1.165, 1.54) is 0 Å². The molecule has 0 aliphatic rings. The number of nitrogens with zero attached hydrogens (tertiary/aromatic N) is 2. The van der Waals surface area contributed by atoms with Gasteiger partial charge in [0.2, 0.25) is 0 Å². The van der Waals surface area contributed by atoms with E-state index in [1.807, 2.05) is 24.1 Å². The van der Waals surface area contributed by atoms with Gasteiger partial charge in [-0.05, 0) is 38.7 Å². The van der Waals surface area contributed by atoms with Gasteiger partial charge in [-0.1, -0.05) is 6.07 Å². The van der Waals surface area contributed by atoms with Crippen molar-refractivity contribution in [1.82, 2.24) is 15.3 Å². The average Bonchev–Trinajstić information content (AvgIpc) is 2.35. The first-order valence-corrected chi connectivity index (χ1v) is 5.57. The van der Waals surface area contributed by atoms with Gasteiger partial charge in [0.1, 0.15) is 5.82 Å². The highest BCUT2D eigenvalue weighted by Gasteiger charge is 2.05. The van der Waals surface area contributed by atoms with Gasteiger partial charge in [-0.15, -0.1) is 0 Å². The zero-order valence-corrected chi connectivity index (χ0v) is 10.0. The summed E-state index contributed by atoms with van der Waals surface area (Å²) in [5, 5.41) is 0. The number of likely N-dealkylation sites (N-methyl/N-ethyl adjacent to an activating group) is 1. The summed E-state index contributed by atoms with van der Waals surface area (Å²) in [6.45, 7) is 1.78. The molecular weight excluding hydrogens is 218 g/mol. The van der Waals surface area contributed by atoms with E-state index in [4.69, 9.17) is 5.73 Å². The molecule has 0 radical (unpaired) electrons. The number of hydrazine groups is 1. The van der Waals surface area contributed by atoms with Gasteiger partial charge >= 0.3 is 0 Å². The van der Waals surface area contributed by atoms with Crippen molar-refractivity contribution >= 4 is 11.7 Å². The van der Waals surface area contributed by atoms with Crippen LogP contribution in [-0.4, -0.2) is 42.5 Å². The molecule has 6 heteroatoms. The normalized spacial score (nSPS) is 10.3. The molecule has 4 N–H and O–H groups in total. The number of carbonyl (C=O) groups excluding carboxylic acids is 1. The minimum atomic E-state index is -0.102. The standard InChI is InChI=1S/C11H19N5O/c1-16(8-4-6-12)9-11(17)15-14-10-5-2-3-7-13-10/h2-3,5,7H,4,6,8-9,12H2,1H3,(H,13,14)(H,15,17). The molecule has 0 fully saturated rings. The van der Waals surface area contributed by atoms with Gasteiger partial charge in [-0.25, -0.2) is 4.98 Å². The lowest BCUT2D eigenvalue weighted by atomic mass is 10.4. The van der Waals surface area contributed by atoms with E-state index in [1.54, 1.807) is 12.3 Å². The van der Waals surface area contributed by atoms with Crippen molar-refractivity contribution in [2.24, 2.45) is 5.73 Å². The molecule has 0 aromatic carbocycles. The van der Waals surface area contributed by atoms with Gasteiger partial charge in [-0.2, -0.15) is 0 Å². The van der Waals surface area contributed by atoms with Crippen LogP contribution in [-0.2, 0) is 4.79 Å². The van der Waals surface area contributed by atoms with Crippen LogP contribution >= 0.6 is 0 Å². The predicted molar refractivity (Wildman–Crippen MR) is 67.2 cm³/mol. The number of nitrogens with one attached hydrogen (secondary N) is 2. The second kappa shape index (κ2) is 7.59. The Morgan fingerprint density at radius 2 is 2.35 bits per heavy atom. The van der Waals surface area contributed by atoms with E-state index in [2.05, 4.69) is 15.8 Å². The number of nitrogens with two attached hydrogens (primary N) is 1. The van der Waals surface area contributed by atoms with Gasteiger partial charge < -0.3 is 5.73 Å². The molecule has 1 heterocycles. The highest BCUT2D eigenvalue weighted by molar-refractivity contribution is 5.79. The van der Waals surface area contributed by atoms with E-state index >= 15 is 0 Å². The summed E-state index contributed by atoms with van der Waals surface area (Å²) in [4.78, 5) is 17.5. The fourth-order valence-corrected chi connectivity index (χ4v) is 1.30. The Morgan fingerprint density at radius 1 is 1.53 bits per heavy atom. The molecule has 94 valence electrons. The molecule has 0 spiro atoms. The number of anilines is 1. The second-order valence-corrected chi connectivity index (χ2v) is 3.77. The van der Waals surface area contributed by atoms with Crippen LogP contribution in [0.15, 0.2) is 24.4 Å². The molecule has 0 bridgehead atoms. The summed E-state index contributed by atoms with van der Waals surface area (Å²) in [6.07, 6.45) is 2.54. The van der Waals surface area contributed by atoms with Gasteiger partial charge in [0.05, 0.1) is 6.54 Å². The molecule has 0 unspecified atom stereocenters. The Kier molecular flexibility index (Phi) is 5.98. The number of aromatic nitrogens is 1. The summed E-state index contributed by atoms with van der Waals surface area (Å²) in [6, 6.07) is 5.43. The van der Waals surface area contributed by atoms with Crippen LogP contribution in [0.25, 0.3) is 0 Å². The monoisotopic (exact) mass is 237 g/mol. The van der Waals surface area contributed by atoms with Crippen molar-refractivity contribution in [2.45, 2.75) is 6.42 Å². The lowest BCUT2D eigenvalue weighted by molar-refractivity contribution is -0.121. The molecule has 0 aliphatic carbocycles. The number of carbonyl (C=O) groups is 1. The number of pyridine rings is 1. The summed E-state index contributed by atoms with van der Waals surface area (Å²) >= 11 is 0. The molecule has 1 aromatic heterocycles. The van der Waals surface area contributed by atoms with Gasteiger partial charge in [0.15, 0.2) is 0 Å². The molecule has 0 atom stereocenters. The minimum Gasteiger partial charge on any atom is -0.330 e. The first-order chi connectivity index (χ1) is 8.22. The Morgan fingerprint density at radius 3 is 3.00 bits per heavy atom. The zero-order chi connectivity index (χ0) is 12.5. The van der Waals surface area contributed by atoms with Gasteiger partial charge in [0, 0.05) is 6.20 Å². The lowest BCUT2D eigenvalue weighted by Gasteiger charge is -2.15. The Balaban J connectivity index is 2.21. The fourth-order valence-electron chi connectivity index (χ4n) is 1.30. The molecule has 1 amide bonds. The zero-order valence-electron chi connectivity index (χ0n) is 10.0. The summed E-state index contributed by atoms with van der Waals surface area (Å²) in [5.74, 6) is 0.514. The highest BCUT2D eigenvalue weighted by Crippen LogP contribution is 1.96. The third kappa shape index (κ3) is 5.84. The van der Waals surface area contributed by atoms with Crippen LogP contribution in [0.5, 0.6) is 0 Å². The third-order valence-electron chi connectivity index (χ3n) is 2.15. The molecular formula is C11H19N5O. The van der Waals surface area contributed by atoms with Crippen LogP contribution in [0.4, 0.5) is 5.82 Å². The first-order valence-electron chi connectivity index (χ1n) is 5.57. The van der Waals surface area contributed by atoms with Crippen LogP contribution in [0.2, 0.25) is 0 Å². The van der Waals surface area contributed by atoms with Crippen LogP contribution < -0.4 is 16.6 Å². The van der Waals surface area contributed by atoms with Gasteiger partial charge in [-0.3, -0.25) is 20.5 Å². The van der Waals surface area contributed by atoms with Crippen molar-refractivity contribution in [3.8, 4) is 0 Å². The fraction of sp³-hybridized carbons (Fsp3) is 0.455. The van der Waals surface area contributed by atoms with Crippen molar-refractivity contribution in [3.05, 3.63) is 24.4 Å². The number of hydrogen-bond donors (Lipinski definition) is 3. The SMILES string of the molecule is CN(CCCN)CC(=O)NNc1ccccn1. The third-order valence-corrected chi connectivity index (χ3v) is 2.15. The minimum absolute atomic E-state index is 0.102. The van der Waals surface area contributed by atoms with Crippen LogP contribution in [0.3, 0.4) is 0 Å². The Labute approximate surface area is 101 Å². The predicted octanol–water partition coefficient (Wildman–Crippen LogP) is -0.195.